The molecule has 0 aliphatic carbocycles. The molecule has 6 nitrogen and oxygen atoms in total. The highest BCUT2D eigenvalue weighted by atomic mass is 35.5. The topological polar surface area (TPSA) is 65.7 Å². The average molecular weight is 310 g/mol. The highest BCUT2D eigenvalue weighted by molar-refractivity contribution is 6.28. The second kappa shape index (κ2) is 7.93. The van der Waals surface area contributed by atoms with Gasteiger partial charge in [0.05, 0.1) is 6.10 Å². The van der Waals surface area contributed by atoms with E-state index in [4.69, 9.17) is 16.3 Å². The molecule has 2 heterocycles. The first-order valence-corrected chi connectivity index (χ1v) is 7.63. The van der Waals surface area contributed by atoms with E-state index in [0.717, 1.165) is 12.8 Å². The summed E-state index contributed by atoms with van der Waals surface area (Å²) in [5.41, 5.74) is 0. The van der Waals surface area contributed by atoms with Crippen molar-refractivity contribution >= 4 is 11.6 Å². The zero-order valence-electron chi connectivity index (χ0n) is 12.4. The maximum Gasteiger partial charge on any atom is 0.322 e. The van der Waals surface area contributed by atoms with Gasteiger partial charge in [0.2, 0.25) is 11.2 Å². The molecule has 0 aliphatic rings. The average Bonchev–Trinajstić information content (AvgIpc) is 2.97. The molecule has 1 unspecified atom stereocenters. The third kappa shape index (κ3) is 4.97. The van der Waals surface area contributed by atoms with Gasteiger partial charge in [0.25, 0.3) is 0 Å². The maximum atomic E-state index is 5.92. The molecule has 2 aromatic rings. The second-order valence-electron chi connectivity index (χ2n) is 4.93. The fourth-order valence-corrected chi connectivity index (χ4v) is 2.11. The highest BCUT2D eigenvalue weighted by Gasteiger charge is 2.11. The van der Waals surface area contributed by atoms with Gasteiger partial charge in [-0.1, -0.05) is 26.2 Å². The van der Waals surface area contributed by atoms with Gasteiger partial charge in [-0.05, 0) is 31.4 Å². The fraction of sp³-hybridized carbons (Fsp3) is 0.571. The lowest BCUT2D eigenvalue weighted by molar-refractivity contribution is 0.188. The van der Waals surface area contributed by atoms with Crippen molar-refractivity contribution < 1.29 is 4.74 Å². The molecule has 0 spiro atoms. The molecule has 0 aromatic carbocycles. The Morgan fingerprint density at radius 1 is 1.24 bits per heavy atom. The highest BCUT2D eigenvalue weighted by Crippen LogP contribution is 2.15. The van der Waals surface area contributed by atoms with E-state index in [1.54, 1.807) is 23.3 Å². The summed E-state index contributed by atoms with van der Waals surface area (Å²) in [7, 11) is 0. The summed E-state index contributed by atoms with van der Waals surface area (Å²) in [5, 5.41) is 0.113. The first-order chi connectivity index (χ1) is 10.2. The zero-order chi connectivity index (χ0) is 15.1. The predicted molar refractivity (Wildman–Crippen MR) is 80.8 cm³/mol. The summed E-state index contributed by atoms with van der Waals surface area (Å²) in [5.74, 6) is 0.403. The van der Waals surface area contributed by atoms with Crippen LogP contribution >= 0.6 is 11.6 Å². The van der Waals surface area contributed by atoms with Gasteiger partial charge in [-0.3, -0.25) is 4.57 Å². The van der Waals surface area contributed by atoms with Crippen molar-refractivity contribution in [3.8, 4) is 12.0 Å². The summed E-state index contributed by atoms with van der Waals surface area (Å²) in [6.07, 6.45) is 10.9. The normalized spacial score (nSPS) is 12.3. The monoisotopic (exact) mass is 309 g/mol. The molecule has 7 heteroatoms. The molecule has 0 aliphatic heterocycles. The van der Waals surface area contributed by atoms with Crippen LogP contribution in [-0.2, 0) is 0 Å². The van der Waals surface area contributed by atoms with Crippen LogP contribution in [0.2, 0.25) is 5.28 Å². The Kier molecular flexibility index (Phi) is 5.92. The molecule has 0 amide bonds. The number of aromatic nitrogens is 5. The van der Waals surface area contributed by atoms with Gasteiger partial charge >= 0.3 is 6.01 Å². The van der Waals surface area contributed by atoms with E-state index in [1.165, 1.54) is 19.3 Å². The summed E-state index contributed by atoms with van der Waals surface area (Å²) < 4.78 is 7.39. The smallest absolute Gasteiger partial charge is 0.322 e. The lowest BCUT2D eigenvalue weighted by Gasteiger charge is -2.13. The molecule has 0 N–H and O–H groups in total. The molecule has 114 valence electrons. The number of rotatable bonds is 8. The van der Waals surface area contributed by atoms with Crippen LogP contribution in [0.5, 0.6) is 6.01 Å². The van der Waals surface area contributed by atoms with Gasteiger partial charge in [-0.15, -0.1) is 0 Å². The van der Waals surface area contributed by atoms with Crippen LogP contribution in [-0.4, -0.2) is 30.6 Å². The zero-order valence-corrected chi connectivity index (χ0v) is 13.1. The molecule has 0 bridgehead atoms. The minimum absolute atomic E-state index is 0.0518. The van der Waals surface area contributed by atoms with Crippen LogP contribution in [0.4, 0.5) is 0 Å². The van der Waals surface area contributed by atoms with Crippen molar-refractivity contribution in [2.45, 2.75) is 52.1 Å². The maximum absolute atomic E-state index is 5.92. The Morgan fingerprint density at radius 2 is 2.10 bits per heavy atom. The molecule has 21 heavy (non-hydrogen) atoms. The van der Waals surface area contributed by atoms with E-state index in [-0.39, 0.29) is 17.4 Å². The van der Waals surface area contributed by atoms with E-state index < -0.39 is 0 Å². The Hall–Kier alpha value is -1.69. The van der Waals surface area contributed by atoms with Crippen molar-refractivity contribution in [3.05, 3.63) is 24.0 Å². The minimum Gasteiger partial charge on any atom is -0.460 e. The van der Waals surface area contributed by atoms with Gasteiger partial charge in [-0.2, -0.15) is 15.0 Å². The quantitative estimate of drug-likeness (QED) is 0.699. The minimum atomic E-state index is 0.0518. The van der Waals surface area contributed by atoms with Crippen LogP contribution in [0, 0.1) is 0 Å². The number of halogens is 1. The van der Waals surface area contributed by atoms with E-state index in [2.05, 4.69) is 26.9 Å². The van der Waals surface area contributed by atoms with Crippen LogP contribution in [0.25, 0.3) is 5.95 Å². The van der Waals surface area contributed by atoms with Crippen molar-refractivity contribution in [3.63, 3.8) is 0 Å². The van der Waals surface area contributed by atoms with Crippen molar-refractivity contribution in [1.29, 1.82) is 0 Å². The number of hydrogen-bond acceptors (Lipinski definition) is 5. The first-order valence-electron chi connectivity index (χ1n) is 7.25. The lowest BCUT2D eigenvalue weighted by Crippen LogP contribution is -2.15. The first kappa shape index (κ1) is 15.7. The summed E-state index contributed by atoms with van der Waals surface area (Å²) in [4.78, 5) is 16.3. The lowest BCUT2D eigenvalue weighted by atomic mass is 10.1. The molecule has 0 fully saturated rings. The molecule has 2 aromatic heterocycles. The molecule has 2 rings (SSSR count). The number of hydrogen-bond donors (Lipinski definition) is 0. The molecule has 0 radical (unpaired) electrons. The predicted octanol–water partition coefficient (Wildman–Crippen LogP) is 3.45. The van der Waals surface area contributed by atoms with E-state index in [0.29, 0.717) is 5.95 Å². The Labute approximate surface area is 129 Å². The van der Waals surface area contributed by atoms with Gasteiger partial charge in [0.1, 0.15) is 6.33 Å². The number of nitrogens with zero attached hydrogens (tertiary/aromatic N) is 5. The van der Waals surface area contributed by atoms with Gasteiger partial charge in [0, 0.05) is 12.4 Å². The molecular formula is C14H20ClN5O. The Bertz CT molecular complexity index is 546. The van der Waals surface area contributed by atoms with Crippen molar-refractivity contribution in [2.24, 2.45) is 0 Å². The van der Waals surface area contributed by atoms with E-state index in [1.807, 2.05) is 6.92 Å². The fourth-order valence-electron chi connectivity index (χ4n) is 1.97. The summed E-state index contributed by atoms with van der Waals surface area (Å²) in [6.45, 7) is 4.21. The number of ether oxygens (including phenoxy) is 1. The van der Waals surface area contributed by atoms with Gasteiger partial charge in [0.15, 0.2) is 0 Å². The molecule has 1 atom stereocenters. The summed E-state index contributed by atoms with van der Waals surface area (Å²) in [6, 6.07) is 0.252. The van der Waals surface area contributed by atoms with Crippen molar-refractivity contribution in [1.82, 2.24) is 24.5 Å². The second-order valence-corrected chi connectivity index (χ2v) is 5.27. The SMILES string of the molecule is CCCCCCC(C)Oc1nc(Cl)nc(-n2ccnc2)n1. The molecule has 0 saturated heterocycles. The van der Waals surface area contributed by atoms with E-state index in [9.17, 15) is 0 Å². The van der Waals surface area contributed by atoms with Crippen LogP contribution in [0.1, 0.15) is 46.0 Å². The third-order valence-corrected chi connectivity index (χ3v) is 3.25. The van der Waals surface area contributed by atoms with Gasteiger partial charge in [-0.25, -0.2) is 4.98 Å². The Balaban J connectivity index is 1.97. The number of imidazole rings is 1. The Morgan fingerprint density at radius 3 is 2.81 bits per heavy atom. The van der Waals surface area contributed by atoms with Crippen LogP contribution in [0.15, 0.2) is 18.7 Å². The largest absolute Gasteiger partial charge is 0.460 e. The number of unbranched alkanes of at least 4 members (excludes halogenated alkanes) is 3. The summed E-state index contributed by atoms with van der Waals surface area (Å²) >= 11 is 5.92. The standard InChI is InChI=1S/C14H20ClN5O/c1-3-4-5-6-7-11(2)21-14-18-12(15)17-13(19-14)20-9-8-16-10-20/h8-11H,3-7H2,1-2H3. The van der Waals surface area contributed by atoms with E-state index >= 15 is 0 Å². The van der Waals surface area contributed by atoms with Crippen LogP contribution < -0.4 is 4.74 Å². The van der Waals surface area contributed by atoms with Gasteiger partial charge < -0.3 is 4.74 Å². The molecule has 0 saturated carbocycles. The van der Waals surface area contributed by atoms with Crippen LogP contribution in [0.3, 0.4) is 0 Å². The molecular weight excluding hydrogens is 290 g/mol. The third-order valence-electron chi connectivity index (χ3n) is 3.08. The van der Waals surface area contributed by atoms with Crippen molar-refractivity contribution in [2.75, 3.05) is 0 Å².